The highest BCUT2D eigenvalue weighted by atomic mass is 16.7. The van der Waals surface area contributed by atoms with Crippen molar-refractivity contribution in [2.75, 3.05) is 6.61 Å². The van der Waals surface area contributed by atoms with Crippen LogP contribution in [0.15, 0.2) is 28.7 Å². The third-order valence-electron chi connectivity index (χ3n) is 2.64. The average molecular weight is 219 g/mol. The minimum absolute atomic E-state index is 0.207. The molecule has 1 aliphatic heterocycles. The average Bonchev–Trinajstić information content (AvgIpc) is 2.72. The molecule has 1 fully saturated rings. The molecule has 1 aromatic carbocycles. The van der Waals surface area contributed by atoms with E-state index >= 15 is 0 Å². The normalized spacial score (nSPS) is 21.1. The molecule has 16 heavy (non-hydrogen) atoms. The van der Waals surface area contributed by atoms with Gasteiger partial charge in [-0.1, -0.05) is 12.1 Å². The number of nitrogens with zero attached hydrogens (tertiary/aromatic N) is 1. The zero-order valence-corrected chi connectivity index (χ0v) is 8.89. The highest BCUT2D eigenvalue weighted by molar-refractivity contribution is 5.72. The van der Waals surface area contributed by atoms with Gasteiger partial charge in [-0.15, -0.1) is 0 Å². The summed E-state index contributed by atoms with van der Waals surface area (Å²) in [7, 11) is 0. The molecule has 1 unspecified atom stereocenters. The molecule has 0 saturated carbocycles. The third-order valence-corrected chi connectivity index (χ3v) is 2.64. The smallest absolute Gasteiger partial charge is 0.397 e. The first-order valence-electron chi connectivity index (χ1n) is 5.56. The van der Waals surface area contributed by atoms with E-state index in [0.717, 1.165) is 37.0 Å². The molecule has 0 amide bonds. The van der Waals surface area contributed by atoms with E-state index in [1.54, 1.807) is 0 Å². The zero-order chi connectivity index (χ0) is 10.8. The fourth-order valence-corrected chi connectivity index (χ4v) is 1.82. The first-order valence-corrected chi connectivity index (χ1v) is 5.56. The number of hydrogen-bond acceptors (Lipinski definition) is 4. The monoisotopic (exact) mass is 219 g/mol. The molecule has 0 N–H and O–H groups in total. The number of aromatic nitrogens is 1. The van der Waals surface area contributed by atoms with Crippen molar-refractivity contribution < 1.29 is 13.9 Å². The van der Waals surface area contributed by atoms with Gasteiger partial charge in [0.05, 0.1) is 6.61 Å². The Balaban J connectivity index is 1.78. The van der Waals surface area contributed by atoms with E-state index in [1.165, 1.54) is 0 Å². The van der Waals surface area contributed by atoms with E-state index in [2.05, 4.69) is 4.98 Å². The molecule has 4 heteroatoms. The van der Waals surface area contributed by atoms with Crippen LogP contribution in [0, 0.1) is 0 Å². The lowest BCUT2D eigenvalue weighted by Crippen LogP contribution is -2.25. The molecule has 0 radical (unpaired) electrons. The molecule has 3 rings (SSSR count). The molecule has 1 aromatic heterocycles. The van der Waals surface area contributed by atoms with Gasteiger partial charge in [-0.3, -0.25) is 0 Å². The van der Waals surface area contributed by atoms with Crippen molar-refractivity contribution in [3.05, 3.63) is 24.3 Å². The number of rotatable bonds is 2. The number of oxazole rings is 1. The van der Waals surface area contributed by atoms with Crippen LogP contribution in [0.2, 0.25) is 0 Å². The van der Waals surface area contributed by atoms with Crippen LogP contribution in [-0.4, -0.2) is 17.9 Å². The van der Waals surface area contributed by atoms with Crippen LogP contribution in [0.4, 0.5) is 0 Å². The maximum absolute atomic E-state index is 5.54. The zero-order valence-electron chi connectivity index (χ0n) is 8.89. The highest BCUT2D eigenvalue weighted by Gasteiger charge is 2.18. The Hall–Kier alpha value is -1.55. The van der Waals surface area contributed by atoms with Gasteiger partial charge in [0.2, 0.25) is 6.29 Å². The van der Waals surface area contributed by atoms with Gasteiger partial charge in [-0.05, 0) is 25.0 Å². The van der Waals surface area contributed by atoms with E-state index in [0.29, 0.717) is 6.08 Å². The number of fused-ring (bicyclic) bond motifs is 1. The largest absolute Gasteiger partial charge is 0.420 e. The van der Waals surface area contributed by atoms with Crippen molar-refractivity contribution in [3.8, 4) is 6.08 Å². The number of hydrogen-bond donors (Lipinski definition) is 0. The summed E-state index contributed by atoms with van der Waals surface area (Å²) < 4.78 is 16.5. The summed E-state index contributed by atoms with van der Waals surface area (Å²) in [6.45, 7) is 0.755. The van der Waals surface area contributed by atoms with Crippen LogP contribution in [-0.2, 0) is 4.74 Å². The van der Waals surface area contributed by atoms with Gasteiger partial charge >= 0.3 is 6.08 Å². The SMILES string of the molecule is c1ccc2oc(OC3CCCCO3)nc2c1. The Bertz CT molecular complexity index is 441. The Morgan fingerprint density at radius 3 is 3.00 bits per heavy atom. The fourth-order valence-electron chi connectivity index (χ4n) is 1.82. The van der Waals surface area contributed by atoms with E-state index in [9.17, 15) is 0 Å². The summed E-state index contributed by atoms with van der Waals surface area (Å²) in [4.78, 5) is 4.24. The number of benzene rings is 1. The van der Waals surface area contributed by atoms with Crippen molar-refractivity contribution in [1.29, 1.82) is 0 Å². The van der Waals surface area contributed by atoms with Gasteiger partial charge in [-0.2, -0.15) is 4.98 Å². The molecule has 0 bridgehead atoms. The Morgan fingerprint density at radius 1 is 1.25 bits per heavy atom. The van der Waals surface area contributed by atoms with Crippen molar-refractivity contribution in [2.45, 2.75) is 25.6 Å². The quantitative estimate of drug-likeness (QED) is 0.779. The summed E-state index contributed by atoms with van der Waals surface area (Å²) in [5.74, 6) is 0. The Kier molecular flexibility index (Phi) is 2.50. The van der Waals surface area contributed by atoms with E-state index in [4.69, 9.17) is 13.9 Å². The number of para-hydroxylation sites is 2. The Morgan fingerprint density at radius 2 is 2.19 bits per heavy atom. The third kappa shape index (κ3) is 1.88. The first-order chi connectivity index (χ1) is 7.92. The maximum Gasteiger partial charge on any atom is 0.397 e. The highest BCUT2D eigenvalue weighted by Crippen LogP contribution is 2.23. The van der Waals surface area contributed by atoms with Gasteiger partial charge < -0.3 is 13.9 Å². The van der Waals surface area contributed by atoms with Crippen molar-refractivity contribution >= 4 is 11.1 Å². The summed E-state index contributed by atoms with van der Waals surface area (Å²) >= 11 is 0. The van der Waals surface area contributed by atoms with Gasteiger partial charge in [0.1, 0.15) is 5.52 Å². The standard InChI is InChI=1S/C12H13NO3/c1-2-6-10-9(5-1)13-12(15-10)16-11-7-3-4-8-14-11/h1-2,5-6,11H,3-4,7-8H2. The van der Waals surface area contributed by atoms with Crippen LogP contribution < -0.4 is 4.74 Å². The van der Waals surface area contributed by atoms with Crippen molar-refractivity contribution in [1.82, 2.24) is 4.98 Å². The van der Waals surface area contributed by atoms with Gasteiger partial charge in [0.15, 0.2) is 5.58 Å². The van der Waals surface area contributed by atoms with Crippen LogP contribution >= 0.6 is 0 Å². The lowest BCUT2D eigenvalue weighted by molar-refractivity contribution is -0.116. The summed E-state index contributed by atoms with van der Waals surface area (Å²) in [6, 6.07) is 7.60. The molecule has 1 aliphatic rings. The molecular weight excluding hydrogens is 206 g/mol. The second kappa shape index (κ2) is 4.14. The molecule has 0 aliphatic carbocycles. The molecule has 2 aromatic rings. The van der Waals surface area contributed by atoms with Crippen LogP contribution in [0.5, 0.6) is 6.08 Å². The fraction of sp³-hybridized carbons (Fsp3) is 0.417. The van der Waals surface area contributed by atoms with E-state index < -0.39 is 0 Å². The topological polar surface area (TPSA) is 44.5 Å². The van der Waals surface area contributed by atoms with Crippen molar-refractivity contribution in [3.63, 3.8) is 0 Å². The van der Waals surface area contributed by atoms with Gasteiger partial charge in [-0.25, -0.2) is 0 Å². The lowest BCUT2D eigenvalue weighted by Gasteiger charge is -2.21. The van der Waals surface area contributed by atoms with Crippen molar-refractivity contribution in [2.24, 2.45) is 0 Å². The molecule has 4 nitrogen and oxygen atoms in total. The van der Waals surface area contributed by atoms with Crippen LogP contribution in [0.3, 0.4) is 0 Å². The minimum Gasteiger partial charge on any atom is -0.420 e. The van der Waals surface area contributed by atoms with Crippen LogP contribution in [0.25, 0.3) is 11.1 Å². The summed E-state index contributed by atoms with van der Waals surface area (Å²) in [6.07, 6.45) is 3.23. The molecule has 2 heterocycles. The van der Waals surface area contributed by atoms with E-state index in [1.807, 2.05) is 24.3 Å². The predicted octanol–water partition coefficient (Wildman–Crippen LogP) is 2.73. The summed E-state index contributed by atoms with van der Waals surface area (Å²) in [5, 5.41) is 0. The van der Waals surface area contributed by atoms with Crippen LogP contribution in [0.1, 0.15) is 19.3 Å². The molecule has 84 valence electrons. The van der Waals surface area contributed by atoms with E-state index in [-0.39, 0.29) is 6.29 Å². The number of ether oxygens (including phenoxy) is 2. The minimum atomic E-state index is -0.207. The second-order valence-electron chi connectivity index (χ2n) is 3.86. The summed E-state index contributed by atoms with van der Waals surface area (Å²) in [5.41, 5.74) is 1.56. The predicted molar refractivity (Wildman–Crippen MR) is 58.2 cm³/mol. The molecular formula is C12H13NO3. The molecule has 0 spiro atoms. The van der Waals surface area contributed by atoms with Gasteiger partial charge in [0, 0.05) is 6.42 Å². The first kappa shape index (κ1) is 9.66. The molecule has 1 atom stereocenters. The second-order valence-corrected chi connectivity index (χ2v) is 3.86. The lowest BCUT2D eigenvalue weighted by atomic mass is 10.2. The molecule has 1 saturated heterocycles. The Labute approximate surface area is 93.2 Å². The maximum atomic E-state index is 5.54. The van der Waals surface area contributed by atoms with Gasteiger partial charge in [0.25, 0.3) is 0 Å².